The Labute approximate surface area is 198 Å². The number of halogens is 2. The second-order valence-electron chi connectivity index (χ2n) is 7.89. The number of piperazine rings is 1. The summed E-state index contributed by atoms with van der Waals surface area (Å²) < 4.78 is 5.58. The van der Waals surface area contributed by atoms with E-state index in [2.05, 4.69) is 95.7 Å². The minimum Gasteiger partial charge on any atom is -0.496 e. The van der Waals surface area contributed by atoms with Crippen LogP contribution in [0.15, 0.2) is 84.9 Å². The maximum atomic E-state index is 5.58. The fourth-order valence-corrected chi connectivity index (χ4v) is 4.50. The van der Waals surface area contributed by atoms with Crippen LogP contribution in [0.2, 0.25) is 0 Å². The van der Waals surface area contributed by atoms with Crippen molar-refractivity contribution in [1.29, 1.82) is 0 Å². The van der Waals surface area contributed by atoms with E-state index < -0.39 is 0 Å². The lowest BCUT2D eigenvalue weighted by Gasteiger charge is -2.43. The van der Waals surface area contributed by atoms with Gasteiger partial charge in [0.25, 0.3) is 0 Å². The van der Waals surface area contributed by atoms with Gasteiger partial charge in [0.1, 0.15) is 5.75 Å². The van der Waals surface area contributed by atoms with Gasteiger partial charge in [0.15, 0.2) is 0 Å². The smallest absolute Gasteiger partial charge is 0.123 e. The van der Waals surface area contributed by atoms with E-state index in [1.807, 2.05) is 6.07 Å². The van der Waals surface area contributed by atoms with E-state index in [4.69, 9.17) is 4.74 Å². The average molecular weight is 459 g/mol. The van der Waals surface area contributed by atoms with Gasteiger partial charge in [-0.05, 0) is 24.2 Å². The summed E-state index contributed by atoms with van der Waals surface area (Å²) in [5, 5.41) is 0. The highest BCUT2D eigenvalue weighted by Crippen LogP contribution is 2.33. The predicted molar refractivity (Wildman–Crippen MR) is 134 cm³/mol. The number of hydrogen-bond donors (Lipinski definition) is 0. The van der Waals surface area contributed by atoms with Gasteiger partial charge in [-0.3, -0.25) is 9.80 Å². The molecule has 0 saturated carbocycles. The van der Waals surface area contributed by atoms with E-state index in [1.54, 1.807) is 7.11 Å². The van der Waals surface area contributed by atoms with E-state index in [0.29, 0.717) is 12.0 Å². The van der Waals surface area contributed by atoms with Crippen molar-refractivity contribution in [2.24, 2.45) is 0 Å². The Morgan fingerprint density at radius 3 is 1.94 bits per heavy atom. The third-order valence-electron chi connectivity index (χ3n) is 6.07. The Balaban J connectivity index is 0.00000171. The first kappa shape index (κ1) is 25.2. The summed E-state index contributed by atoms with van der Waals surface area (Å²) in [6.45, 7) is 4.09. The topological polar surface area (TPSA) is 15.7 Å². The van der Waals surface area contributed by atoms with Crippen molar-refractivity contribution in [1.82, 2.24) is 9.80 Å². The molecule has 3 aromatic rings. The fourth-order valence-electron chi connectivity index (χ4n) is 4.50. The van der Waals surface area contributed by atoms with Crippen LogP contribution in [0.1, 0.15) is 22.6 Å². The highest BCUT2D eigenvalue weighted by molar-refractivity contribution is 5.85. The molecule has 0 aliphatic carbocycles. The molecular weight excluding hydrogens is 427 g/mol. The highest BCUT2D eigenvalue weighted by atomic mass is 35.5. The molecular formula is C26H32Cl2N2O. The molecule has 1 aliphatic heterocycles. The molecule has 1 saturated heterocycles. The van der Waals surface area contributed by atoms with E-state index in [1.165, 1.54) is 16.7 Å². The SMILES string of the molecule is COc1ccccc1CN1CCN(C)[C@H](C(c2ccccc2)c2ccccc2)C1.Cl.Cl. The van der Waals surface area contributed by atoms with Crippen LogP contribution in [0.5, 0.6) is 5.75 Å². The highest BCUT2D eigenvalue weighted by Gasteiger charge is 2.33. The number of para-hydroxylation sites is 1. The minimum atomic E-state index is 0. The number of likely N-dealkylation sites (N-methyl/N-ethyl adjacent to an activating group) is 1. The number of rotatable bonds is 6. The van der Waals surface area contributed by atoms with Crippen LogP contribution >= 0.6 is 24.8 Å². The van der Waals surface area contributed by atoms with E-state index in [9.17, 15) is 0 Å². The molecule has 3 aromatic carbocycles. The molecule has 166 valence electrons. The van der Waals surface area contributed by atoms with Gasteiger partial charge in [-0.25, -0.2) is 0 Å². The van der Waals surface area contributed by atoms with Crippen molar-refractivity contribution in [3.8, 4) is 5.75 Å². The second-order valence-corrected chi connectivity index (χ2v) is 7.89. The Morgan fingerprint density at radius 2 is 1.35 bits per heavy atom. The van der Waals surface area contributed by atoms with Crippen LogP contribution in [0, 0.1) is 0 Å². The maximum Gasteiger partial charge on any atom is 0.123 e. The molecule has 0 unspecified atom stereocenters. The van der Waals surface area contributed by atoms with E-state index >= 15 is 0 Å². The molecule has 0 radical (unpaired) electrons. The number of ether oxygens (including phenoxy) is 1. The second kappa shape index (κ2) is 12.1. The van der Waals surface area contributed by atoms with Gasteiger partial charge in [-0.15, -0.1) is 24.8 Å². The van der Waals surface area contributed by atoms with Gasteiger partial charge < -0.3 is 4.74 Å². The van der Waals surface area contributed by atoms with Gasteiger partial charge in [0, 0.05) is 43.7 Å². The quantitative estimate of drug-likeness (QED) is 0.485. The first-order valence-electron chi connectivity index (χ1n) is 10.4. The molecule has 1 aliphatic rings. The van der Waals surface area contributed by atoms with Crippen LogP contribution in [0.25, 0.3) is 0 Å². The van der Waals surface area contributed by atoms with Crippen molar-refractivity contribution < 1.29 is 4.74 Å². The molecule has 0 aromatic heterocycles. The normalized spacial score (nSPS) is 16.9. The van der Waals surface area contributed by atoms with E-state index in [-0.39, 0.29) is 24.8 Å². The monoisotopic (exact) mass is 458 g/mol. The maximum absolute atomic E-state index is 5.58. The van der Waals surface area contributed by atoms with Gasteiger partial charge in [-0.1, -0.05) is 78.9 Å². The first-order valence-corrected chi connectivity index (χ1v) is 10.4. The zero-order valence-corrected chi connectivity index (χ0v) is 19.8. The third-order valence-corrected chi connectivity index (χ3v) is 6.07. The van der Waals surface area contributed by atoms with Gasteiger partial charge in [0.2, 0.25) is 0 Å². The Hall–Kier alpha value is -2.04. The van der Waals surface area contributed by atoms with Crippen molar-refractivity contribution in [3.05, 3.63) is 102 Å². The molecule has 0 amide bonds. The largest absolute Gasteiger partial charge is 0.496 e. The number of benzene rings is 3. The van der Waals surface area contributed by atoms with Gasteiger partial charge in [-0.2, -0.15) is 0 Å². The van der Waals surface area contributed by atoms with E-state index in [0.717, 1.165) is 31.9 Å². The van der Waals surface area contributed by atoms with Crippen LogP contribution in [-0.2, 0) is 6.54 Å². The number of hydrogen-bond acceptors (Lipinski definition) is 3. The summed E-state index contributed by atoms with van der Waals surface area (Å²) in [7, 11) is 4.02. The van der Waals surface area contributed by atoms with Crippen molar-refractivity contribution in [3.63, 3.8) is 0 Å². The standard InChI is InChI=1S/C26H30N2O.2ClH/c1-27-17-18-28(19-23-15-9-10-16-25(23)29-2)20-24(27)26(21-11-5-3-6-12-21)22-13-7-4-8-14-22;;/h3-16,24,26H,17-20H2,1-2H3;2*1H/t24-;;/m0../s1. The number of methoxy groups -OCH3 is 1. The van der Waals surface area contributed by atoms with Crippen LogP contribution < -0.4 is 4.74 Å². The first-order chi connectivity index (χ1) is 14.3. The Kier molecular flexibility index (Phi) is 9.86. The van der Waals surface area contributed by atoms with Crippen molar-refractivity contribution in [2.45, 2.75) is 18.5 Å². The average Bonchev–Trinajstić information content (AvgIpc) is 2.78. The summed E-state index contributed by atoms with van der Waals surface area (Å²) in [4.78, 5) is 5.10. The van der Waals surface area contributed by atoms with Crippen LogP contribution in [0.3, 0.4) is 0 Å². The fraction of sp³-hybridized carbons (Fsp3) is 0.308. The molecule has 3 nitrogen and oxygen atoms in total. The zero-order valence-electron chi connectivity index (χ0n) is 18.2. The zero-order chi connectivity index (χ0) is 20.1. The lowest BCUT2D eigenvalue weighted by atomic mass is 9.83. The molecule has 0 spiro atoms. The molecule has 31 heavy (non-hydrogen) atoms. The van der Waals surface area contributed by atoms with Crippen molar-refractivity contribution in [2.75, 3.05) is 33.8 Å². The molecule has 1 atom stereocenters. The van der Waals surface area contributed by atoms with Gasteiger partial charge in [0.05, 0.1) is 7.11 Å². The molecule has 4 rings (SSSR count). The number of nitrogens with zero attached hydrogens (tertiary/aromatic N) is 2. The Bertz CT molecular complexity index is 868. The Morgan fingerprint density at radius 1 is 0.806 bits per heavy atom. The summed E-state index contributed by atoms with van der Waals surface area (Å²) in [5.74, 6) is 1.33. The summed E-state index contributed by atoms with van der Waals surface area (Å²) >= 11 is 0. The summed E-state index contributed by atoms with van der Waals surface area (Å²) in [6.07, 6.45) is 0. The molecule has 1 fully saturated rings. The lowest BCUT2D eigenvalue weighted by Crippen LogP contribution is -2.53. The van der Waals surface area contributed by atoms with Crippen LogP contribution in [0.4, 0.5) is 0 Å². The van der Waals surface area contributed by atoms with Crippen molar-refractivity contribution >= 4 is 24.8 Å². The molecule has 1 heterocycles. The minimum absolute atomic E-state index is 0. The molecule has 0 bridgehead atoms. The molecule has 0 N–H and O–H groups in total. The lowest BCUT2D eigenvalue weighted by molar-refractivity contribution is 0.0810. The predicted octanol–water partition coefficient (Wildman–Crippen LogP) is 5.49. The molecule has 5 heteroatoms. The van der Waals surface area contributed by atoms with Crippen LogP contribution in [-0.4, -0.2) is 49.6 Å². The van der Waals surface area contributed by atoms with Gasteiger partial charge >= 0.3 is 0 Å². The summed E-state index contributed by atoms with van der Waals surface area (Å²) in [5.41, 5.74) is 4.03. The third kappa shape index (κ3) is 6.02. The summed E-state index contributed by atoms with van der Waals surface area (Å²) in [6, 6.07) is 30.7.